The van der Waals surface area contributed by atoms with E-state index in [9.17, 15) is 9.59 Å². The van der Waals surface area contributed by atoms with E-state index in [1.807, 2.05) is 7.05 Å². The molecule has 1 aromatic rings. The van der Waals surface area contributed by atoms with E-state index < -0.39 is 5.97 Å². The number of amides is 1. The van der Waals surface area contributed by atoms with Crippen LogP contribution in [0, 0.1) is 0 Å². The van der Waals surface area contributed by atoms with Gasteiger partial charge in [-0.3, -0.25) is 9.59 Å². The van der Waals surface area contributed by atoms with Crippen molar-refractivity contribution in [2.75, 3.05) is 20.1 Å². The number of aromatic nitrogens is 3. The molecule has 8 nitrogen and oxygen atoms in total. The molecule has 0 spiro atoms. The van der Waals surface area contributed by atoms with Crippen LogP contribution >= 0.6 is 0 Å². The first kappa shape index (κ1) is 13.5. The van der Waals surface area contributed by atoms with E-state index in [4.69, 9.17) is 5.11 Å². The molecule has 0 radical (unpaired) electrons. The van der Waals surface area contributed by atoms with Gasteiger partial charge >= 0.3 is 5.97 Å². The van der Waals surface area contributed by atoms with E-state index in [0.29, 0.717) is 12.6 Å². The number of aliphatic carboxylic acids is 1. The average Bonchev–Trinajstić information content (AvgIpc) is 2.95. The molecule has 8 heteroatoms. The summed E-state index contributed by atoms with van der Waals surface area (Å²) in [4.78, 5) is 24.5. The van der Waals surface area contributed by atoms with E-state index in [-0.39, 0.29) is 18.1 Å². The number of hydrogen-bond acceptors (Lipinski definition) is 5. The Balaban J connectivity index is 1.85. The van der Waals surface area contributed by atoms with Crippen LogP contribution in [0.5, 0.6) is 0 Å². The SMILES string of the molecule is CN1CCCC1CNC(=O)c1cn(CC(=O)O)nn1. The third kappa shape index (κ3) is 3.50. The van der Waals surface area contributed by atoms with Crippen LogP contribution in [0.3, 0.4) is 0 Å². The van der Waals surface area contributed by atoms with Gasteiger partial charge in [0.05, 0.1) is 6.20 Å². The van der Waals surface area contributed by atoms with Gasteiger partial charge in [0.15, 0.2) is 5.69 Å². The van der Waals surface area contributed by atoms with Gasteiger partial charge < -0.3 is 15.3 Å². The lowest BCUT2D eigenvalue weighted by Gasteiger charge is -2.19. The highest BCUT2D eigenvalue weighted by molar-refractivity contribution is 5.91. The molecule has 2 N–H and O–H groups in total. The largest absolute Gasteiger partial charge is 0.480 e. The Labute approximate surface area is 110 Å². The van der Waals surface area contributed by atoms with Gasteiger partial charge in [-0.25, -0.2) is 4.68 Å². The van der Waals surface area contributed by atoms with Crippen LogP contribution in [0.4, 0.5) is 0 Å². The van der Waals surface area contributed by atoms with Gasteiger partial charge in [-0.1, -0.05) is 5.21 Å². The summed E-state index contributed by atoms with van der Waals surface area (Å²) >= 11 is 0. The summed E-state index contributed by atoms with van der Waals surface area (Å²) in [6.07, 6.45) is 3.55. The topological polar surface area (TPSA) is 100 Å². The van der Waals surface area contributed by atoms with Crippen molar-refractivity contribution in [3.05, 3.63) is 11.9 Å². The lowest BCUT2D eigenvalue weighted by molar-refractivity contribution is -0.137. The lowest BCUT2D eigenvalue weighted by atomic mass is 10.2. The van der Waals surface area contributed by atoms with Crippen LogP contribution in [0.1, 0.15) is 23.3 Å². The maximum atomic E-state index is 11.8. The minimum absolute atomic E-state index is 0.141. The summed E-state index contributed by atoms with van der Waals surface area (Å²) in [7, 11) is 2.03. The summed E-state index contributed by atoms with van der Waals surface area (Å²) in [6, 6.07) is 0.359. The monoisotopic (exact) mass is 267 g/mol. The maximum absolute atomic E-state index is 11.8. The molecule has 1 aliphatic rings. The molecule has 2 rings (SSSR count). The summed E-state index contributed by atoms with van der Waals surface area (Å²) in [5.41, 5.74) is 0.141. The Kier molecular flexibility index (Phi) is 4.10. The van der Waals surface area contributed by atoms with Crippen molar-refractivity contribution >= 4 is 11.9 Å². The zero-order valence-electron chi connectivity index (χ0n) is 10.7. The first-order valence-electron chi connectivity index (χ1n) is 6.16. The van der Waals surface area contributed by atoms with Crippen molar-refractivity contribution in [2.45, 2.75) is 25.4 Å². The number of carboxylic acid groups (broad SMARTS) is 1. The van der Waals surface area contributed by atoms with Gasteiger partial charge in [0, 0.05) is 12.6 Å². The number of nitrogens with zero attached hydrogens (tertiary/aromatic N) is 4. The first-order valence-corrected chi connectivity index (χ1v) is 6.16. The van der Waals surface area contributed by atoms with Gasteiger partial charge in [-0.15, -0.1) is 5.10 Å². The van der Waals surface area contributed by atoms with Crippen LogP contribution in [0.2, 0.25) is 0 Å². The molecule has 1 fully saturated rings. The summed E-state index contributed by atoms with van der Waals surface area (Å²) in [6.45, 7) is 1.32. The zero-order chi connectivity index (χ0) is 13.8. The molecule has 1 aliphatic heterocycles. The van der Waals surface area contributed by atoms with Crippen LogP contribution in [0.15, 0.2) is 6.20 Å². The molecule has 0 aliphatic carbocycles. The quantitative estimate of drug-likeness (QED) is 0.723. The molecule has 104 valence electrons. The zero-order valence-corrected chi connectivity index (χ0v) is 10.7. The van der Waals surface area contributed by atoms with Crippen LogP contribution in [-0.4, -0.2) is 63.1 Å². The van der Waals surface area contributed by atoms with E-state index in [2.05, 4.69) is 20.5 Å². The smallest absolute Gasteiger partial charge is 0.325 e. The third-order valence-electron chi connectivity index (χ3n) is 3.24. The maximum Gasteiger partial charge on any atom is 0.325 e. The molecular weight excluding hydrogens is 250 g/mol. The highest BCUT2D eigenvalue weighted by atomic mass is 16.4. The second-order valence-electron chi connectivity index (χ2n) is 4.68. The second-order valence-corrected chi connectivity index (χ2v) is 4.68. The Hall–Kier alpha value is -1.96. The standard InChI is InChI=1S/C11H17N5O3/c1-15-4-2-3-8(15)5-12-11(19)9-6-16(14-13-9)7-10(17)18/h6,8H,2-5,7H2,1H3,(H,12,19)(H,17,18). The molecule has 2 heterocycles. The Morgan fingerprint density at radius 1 is 1.58 bits per heavy atom. The van der Waals surface area contributed by atoms with E-state index in [1.165, 1.54) is 6.20 Å². The highest BCUT2D eigenvalue weighted by Crippen LogP contribution is 2.13. The van der Waals surface area contributed by atoms with Gasteiger partial charge in [-0.05, 0) is 26.4 Å². The molecule has 1 amide bonds. The van der Waals surface area contributed by atoms with Crippen LogP contribution in [-0.2, 0) is 11.3 Å². The second kappa shape index (κ2) is 5.79. The predicted octanol–water partition coefficient (Wildman–Crippen LogP) is -0.813. The van der Waals surface area contributed by atoms with Crippen molar-refractivity contribution < 1.29 is 14.7 Å². The van der Waals surface area contributed by atoms with Crippen LogP contribution in [0.25, 0.3) is 0 Å². The highest BCUT2D eigenvalue weighted by Gasteiger charge is 2.22. The fourth-order valence-corrected chi connectivity index (χ4v) is 2.16. The molecule has 0 aromatic carbocycles. The molecule has 1 saturated heterocycles. The molecule has 1 aromatic heterocycles. The molecule has 0 saturated carbocycles. The van der Waals surface area contributed by atoms with Gasteiger partial charge in [0.2, 0.25) is 0 Å². The number of carbonyl (C=O) groups excluding carboxylic acids is 1. The average molecular weight is 267 g/mol. The Morgan fingerprint density at radius 3 is 3.00 bits per heavy atom. The minimum atomic E-state index is -1.02. The summed E-state index contributed by atoms with van der Waals surface area (Å²) in [5, 5.41) is 18.6. The molecule has 19 heavy (non-hydrogen) atoms. The number of carbonyl (C=O) groups is 2. The van der Waals surface area contributed by atoms with Gasteiger partial charge in [-0.2, -0.15) is 0 Å². The number of rotatable bonds is 5. The number of hydrogen-bond donors (Lipinski definition) is 2. The molecular formula is C11H17N5O3. The number of likely N-dealkylation sites (tertiary alicyclic amines) is 1. The fraction of sp³-hybridized carbons (Fsp3) is 0.636. The van der Waals surface area contributed by atoms with Crippen molar-refractivity contribution in [2.24, 2.45) is 0 Å². The van der Waals surface area contributed by atoms with Gasteiger partial charge in [0.1, 0.15) is 6.54 Å². The number of carboxylic acids is 1. The van der Waals surface area contributed by atoms with Crippen molar-refractivity contribution in [3.63, 3.8) is 0 Å². The van der Waals surface area contributed by atoms with Crippen molar-refractivity contribution in [3.8, 4) is 0 Å². The molecule has 1 atom stereocenters. The molecule has 0 bridgehead atoms. The Bertz CT molecular complexity index is 473. The van der Waals surface area contributed by atoms with Crippen molar-refractivity contribution in [1.82, 2.24) is 25.2 Å². The number of nitrogens with one attached hydrogen (secondary N) is 1. The van der Waals surface area contributed by atoms with Gasteiger partial charge in [0.25, 0.3) is 5.91 Å². The third-order valence-corrected chi connectivity index (χ3v) is 3.24. The number of likely N-dealkylation sites (N-methyl/N-ethyl adjacent to an activating group) is 1. The summed E-state index contributed by atoms with van der Waals surface area (Å²) in [5.74, 6) is -1.35. The lowest BCUT2D eigenvalue weighted by Crippen LogP contribution is -2.38. The molecule has 1 unspecified atom stereocenters. The fourth-order valence-electron chi connectivity index (χ4n) is 2.16. The minimum Gasteiger partial charge on any atom is -0.480 e. The summed E-state index contributed by atoms with van der Waals surface area (Å²) < 4.78 is 1.12. The Morgan fingerprint density at radius 2 is 2.37 bits per heavy atom. The normalized spacial score (nSPS) is 19.5. The van der Waals surface area contributed by atoms with E-state index in [0.717, 1.165) is 24.1 Å². The van der Waals surface area contributed by atoms with E-state index in [1.54, 1.807) is 0 Å². The van der Waals surface area contributed by atoms with Crippen molar-refractivity contribution in [1.29, 1.82) is 0 Å². The van der Waals surface area contributed by atoms with Crippen LogP contribution < -0.4 is 5.32 Å². The van der Waals surface area contributed by atoms with E-state index >= 15 is 0 Å². The predicted molar refractivity (Wildman–Crippen MR) is 65.6 cm³/mol. The first-order chi connectivity index (χ1) is 9.06.